The molecule has 0 aliphatic rings. The van der Waals surface area contributed by atoms with E-state index in [0.29, 0.717) is 16.3 Å². The SMILES string of the molecule is Cc1ccc(-c2nn(-c3ccccc3)cc2C(=O)NC(=S)Nc2ccc(Cl)cc2)cc1. The van der Waals surface area contributed by atoms with E-state index >= 15 is 0 Å². The number of hydrogen-bond acceptors (Lipinski definition) is 3. The standard InChI is InChI=1S/C24H19ClN4OS/c1-16-7-9-17(10-8-16)22-21(15-29(28-22)20-5-3-2-4-6-20)23(30)27-24(31)26-19-13-11-18(25)12-14-19/h2-15H,1H3,(H2,26,27,30,31). The molecule has 0 unspecified atom stereocenters. The van der Waals surface area contributed by atoms with E-state index in [-0.39, 0.29) is 11.0 Å². The van der Waals surface area contributed by atoms with Gasteiger partial charge in [-0.15, -0.1) is 0 Å². The average Bonchev–Trinajstić information content (AvgIpc) is 3.22. The van der Waals surface area contributed by atoms with E-state index in [4.69, 9.17) is 23.8 Å². The number of nitrogens with one attached hydrogen (secondary N) is 2. The molecule has 7 heteroatoms. The molecule has 1 aromatic heterocycles. The highest BCUT2D eigenvalue weighted by atomic mass is 35.5. The molecule has 1 amide bonds. The van der Waals surface area contributed by atoms with Gasteiger partial charge in [0, 0.05) is 22.5 Å². The summed E-state index contributed by atoms with van der Waals surface area (Å²) in [6, 6.07) is 24.6. The molecule has 154 valence electrons. The Morgan fingerprint density at radius 3 is 2.32 bits per heavy atom. The Hall–Kier alpha value is -3.48. The summed E-state index contributed by atoms with van der Waals surface area (Å²) < 4.78 is 1.69. The van der Waals surface area contributed by atoms with Gasteiger partial charge in [0.1, 0.15) is 5.69 Å². The number of para-hydroxylation sites is 1. The normalized spacial score (nSPS) is 10.5. The number of aryl methyl sites for hydroxylation is 1. The Balaban J connectivity index is 1.62. The van der Waals surface area contributed by atoms with Crippen LogP contribution in [0, 0.1) is 6.92 Å². The molecule has 3 aromatic carbocycles. The van der Waals surface area contributed by atoms with E-state index in [9.17, 15) is 4.79 Å². The first kappa shape index (κ1) is 20.8. The zero-order valence-corrected chi connectivity index (χ0v) is 18.2. The summed E-state index contributed by atoms with van der Waals surface area (Å²) in [4.78, 5) is 13.1. The molecule has 0 bridgehead atoms. The van der Waals surface area contributed by atoms with Crippen molar-refractivity contribution < 1.29 is 4.79 Å². The van der Waals surface area contributed by atoms with Gasteiger partial charge in [-0.3, -0.25) is 10.1 Å². The summed E-state index contributed by atoms with van der Waals surface area (Å²) in [5, 5.41) is 11.2. The third kappa shape index (κ3) is 4.99. The molecule has 0 spiro atoms. The van der Waals surface area contributed by atoms with Gasteiger partial charge < -0.3 is 5.32 Å². The number of carbonyl (C=O) groups excluding carboxylic acids is 1. The Morgan fingerprint density at radius 2 is 1.65 bits per heavy atom. The fraction of sp³-hybridized carbons (Fsp3) is 0.0417. The lowest BCUT2D eigenvalue weighted by Gasteiger charge is -2.09. The summed E-state index contributed by atoms with van der Waals surface area (Å²) >= 11 is 11.2. The predicted molar refractivity (Wildman–Crippen MR) is 129 cm³/mol. The minimum absolute atomic E-state index is 0.189. The molecule has 0 saturated heterocycles. The monoisotopic (exact) mass is 446 g/mol. The lowest BCUT2D eigenvalue weighted by atomic mass is 10.1. The molecule has 4 rings (SSSR count). The van der Waals surface area contributed by atoms with Crippen LogP contribution >= 0.6 is 23.8 Å². The second-order valence-electron chi connectivity index (χ2n) is 6.95. The molecule has 5 nitrogen and oxygen atoms in total. The van der Waals surface area contributed by atoms with Gasteiger partial charge >= 0.3 is 0 Å². The van der Waals surface area contributed by atoms with E-state index < -0.39 is 0 Å². The molecular formula is C24H19ClN4OS. The fourth-order valence-electron chi connectivity index (χ4n) is 3.04. The van der Waals surface area contributed by atoms with Crippen LogP contribution in [0.1, 0.15) is 15.9 Å². The van der Waals surface area contributed by atoms with E-state index in [1.54, 1.807) is 35.1 Å². The predicted octanol–water partition coefficient (Wildman–Crippen LogP) is 5.63. The van der Waals surface area contributed by atoms with Crippen molar-refractivity contribution >= 4 is 40.5 Å². The van der Waals surface area contributed by atoms with Crippen LogP contribution in [-0.2, 0) is 0 Å². The molecule has 0 atom stereocenters. The summed E-state index contributed by atoms with van der Waals surface area (Å²) in [5.41, 5.74) is 4.57. The minimum Gasteiger partial charge on any atom is -0.332 e. The molecule has 0 radical (unpaired) electrons. The van der Waals surface area contributed by atoms with Crippen LogP contribution in [0.4, 0.5) is 5.69 Å². The van der Waals surface area contributed by atoms with Crippen molar-refractivity contribution in [2.24, 2.45) is 0 Å². The molecule has 1 heterocycles. The largest absolute Gasteiger partial charge is 0.332 e. The summed E-state index contributed by atoms with van der Waals surface area (Å²) in [7, 11) is 0. The molecule has 0 aliphatic heterocycles. The molecular weight excluding hydrogens is 428 g/mol. The second-order valence-corrected chi connectivity index (χ2v) is 7.80. The van der Waals surface area contributed by atoms with E-state index in [1.165, 1.54) is 0 Å². The van der Waals surface area contributed by atoms with E-state index in [1.807, 2.05) is 61.5 Å². The van der Waals surface area contributed by atoms with Crippen LogP contribution in [0.15, 0.2) is 85.1 Å². The van der Waals surface area contributed by atoms with Crippen LogP contribution in [0.3, 0.4) is 0 Å². The molecule has 0 fully saturated rings. The van der Waals surface area contributed by atoms with Gasteiger partial charge in [0.05, 0.1) is 11.3 Å². The number of thiocarbonyl (C=S) groups is 1. The lowest BCUT2D eigenvalue weighted by molar-refractivity contribution is 0.0978. The van der Waals surface area contributed by atoms with Crippen molar-refractivity contribution in [1.82, 2.24) is 15.1 Å². The van der Waals surface area contributed by atoms with Crippen molar-refractivity contribution in [2.45, 2.75) is 6.92 Å². The number of benzene rings is 3. The van der Waals surface area contributed by atoms with Gasteiger partial charge in [-0.1, -0.05) is 59.6 Å². The maximum absolute atomic E-state index is 13.1. The van der Waals surface area contributed by atoms with Gasteiger partial charge in [-0.05, 0) is 55.5 Å². The van der Waals surface area contributed by atoms with Gasteiger partial charge in [-0.25, -0.2) is 4.68 Å². The van der Waals surface area contributed by atoms with Crippen molar-refractivity contribution in [3.63, 3.8) is 0 Å². The molecule has 0 saturated carbocycles. The average molecular weight is 447 g/mol. The molecule has 31 heavy (non-hydrogen) atoms. The van der Waals surface area contributed by atoms with Crippen molar-refractivity contribution in [3.05, 3.63) is 101 Å². The lowest BCUT2D eigenvalue weighted by Crippen LogP contribution is -2.34. The Morgan fingerprint density at radius 1 is 0.968 bits per heavy atom. The van der Waals surface area contributed by atoms with Crippen LogP contribution in [0.2, 0.25) is 5.02 Å². The number of nitrogens with zero attached hydrogens (tertiary/aromatic N) is 2. The second kappa shape index (κ2) is 9.12. The van der Waals surface area contributed by atoms with Crippen molar-refractivity contribution in [1.29, 1.82) is 0 Å². The topological polar surface area (TPSA) is 59.0 Å². The maximum atomic E-state index is 13.1. The van der Waals surface area contributed by atoms with Crippen LogP contribution in [0.5, 0.6) is 0 Å². The Bertz CT molecular complexity index is 1220. The first-order chi connectivity index (χ1) is 15.0. The Labute approximate surface area is 190 Å². The first-order valence-corrected chi connectivity index (χ1v) is 10.4. The molecule has 0 aliphatic carbocycles. The zero-order valence-electron chi connectivity index (χ0n) is 16.7. The molecule has 2 N–H and O–H groups in total. The maximum Gasteiger partial charge on any atom is 0.261 e. The van der Waals surface area contributed by atoms with Crippen LogP contribution in [0.25, 0.3) is 16.9 Å². The van der Waals surface area contributed by atoms with Gasteiger partial charge in [0.2, 0.25) is 0 Å². The van der Waals surface area contributed by atoms with Crippen molar-refractivity contribution in [3.8, 4) is 16.9 Å². The summed E-state index contributed by atoms with van der Waals surface area (Å²) in [6.45, 7) is 2.01. The van der Waals surface area contributed by atoms with Crippen LogP contribution < -0.4 is 10.6 Å². The zero-order chi connectivity index (χ0) is 21.8. The van der Waals surface area contributed by atoms with E-state index in [0.717, 1.165) is 22.5 Å². The van der Waals surface area contributed by atoms with Crippen LogP contribution in [-0.4, -0.2) is 20.8 Å². The number of aromatic nitrogens is 2. The number of amides is 1. The number of anilines is 1. The quantitative estimate of drug-likeness (QED) is 0.399. The highest BCUT2D eigenvalue weighted by Gasteiger charge is 2.19. The third-order valence-corrected chi connectivity index (χ3v) is 5.09. The minimum atomic E-state index is -0.343. The number of halogens is 1. The highest BCUT2D eigenvalue weighted by molar-refractivity contribution is 7.80. The number of rotatable bonds is 4. The van der Waals surface area contributed by atoms with Gasteiger partial charge in [-0.2, -0.15) is 5.10 Å². The van der Waals surface area contributed by atoms with Gasteiger partial charge in [0.15, 0.2) is 5.11 Å². The number of carbonyl (C=O) groups is 1. The first-order valence-electron chi connectivity index (χ1n) is 9.59. The van der Waals surface area contributed by atoms with Crippen molar-refractivity contribution in [2.75, 3.05) is 5.32 Å². The summed E-state index contributed by atoms with van der Waals surface area (Å²) in [6.07, 6.45) is 1.71. The summed E-state index contributed by atoms with van der Waals surface area (Å²) in [5.74, 6) is -0.343. The smallest absolute Gasteiger partial charge is 0.261 e. The molecule has 4 aromatic rings. The van der Waals surface area contributed by atoms with Gasteiger partial charge in [0.25, 0.3) is 5.91 Å². The van der Waals surface area contributed by atoms with E-state index in [2.05, 4.69) is 15.7 Å². The fourth-order valence-corrected chi connectivity index (χ4v) is 3.38. The highest BCUT2D eigenvalue weighted by Crippen LogP contribution is 2.24. The Kier molecular flexibility index (Phi) is 6.11. The third-order valence-electron chi connectivity index (χ3n) is 4.63. The number of hydrogen-bond donors (Lipinski definition) is 2.